The van der Waals surface area contributed by atoms with Gasteiger partial charge in [0.25, 0.3) is 0 Å². The van der Waals surface area contributed by atoms with Gasteiger partial charge >= 0.3 is 0 Å². The Labute approximate surface area is 114 Å². The summed E-state index contributed by atoms with van der Waals surface area (Å²) in [5, 5.41) is 4.23. The largest absolute Gasteiger partial charge is 0.383 e. The van der Waals surface area contributed by atoms with E-state index in [4.69, 9.17) is 11.6 Å². The van der Waals surface area contributed by atoms with Crippen LogP contribution in [0.4, 0.5) is 5.69 Å². The molecule has 0 atom stereocenters. The molecule has 0 aliphatic heterocycles. The lowest BCUT2D eigenvalue weighted by atomic mass is 10.1. The molecule has 0 aliphatic carbocycles. The summed E-state index contributed by atoms with van der Waals surface area (Å²) in [5.41, 5.74) is 4.79. The fourth-order valence-corrected chi connectivity index (χ4v) is 2.50. The summed E-state index contributed by atoms with van der Waals surface area (Å²) in [6.45, 7) is 5.05. The van der Waals surface area contributed by atoms with E-state index in [1.54, 1.807) is 0 Å². The SMILES string of the molecule is Cc1cc(C)c(NCCc2ccccc2)c(Cl)c1. The lowest BCUT2D eigenvalue weighted by molar-refractivity contribution is 1.02. The molecule has 0 amide bonds. The van der Waals surface area contributed by atoms with Crippen LogP contribution in [0, 0.1) is 13.8 Å². The molecule has 1 N–H and O–H groups in total. The van der Waals surface area contributed by atoms with Gasteiger partial charge in [0, 0.05) is 6.54 Å². The van der Waals surface area contributed by atoms with E-state index in [0.717, 1.165) is 23.7 Å². The van der Waals surface area contributed by atoms with Gasteiger partial charge in [-0.1, -0.05) is 48.0 Å². The Bertz CT molecular complexity index is 497. The van der Waals surface area contributed by atoms with E-state index in [1.807, 2.05) is 12.1 Å². The summed E-state index contributed by atoms with van der Waals surface area (Å²) in [6, 6.07) is 14.6. The molecule has 18 heavy (non-hydrogen) atoms. The van der Waals surface area contributed by atoms with Crippen molar-refractivity contribution in [2.75, 3.05) is 11.9 Å². The molecule has 0 bridgehead atoms. The molecule has 0 aromatic heterocycles. The summed E-state index contributed by atoms with van der Waals surface area (Å²) >= 11 is 6.25. The number of rotatable bonds is 4. The molecule has 2 aromatic carbocycles. The minimum Gasteiger partial charge on any atom is -0.383 e. The average molecular weight is 260 g/mol. The maximum atomic E-state index is 6.25. The number of anilines is 1. The Morgan fingerprint density at radius 2 is 1.78 bits per heavy atom. The number of hydrogen-bond acceptors (Lipinski definition) is 1. The van der Waals surface area contributed by atoms with Crippen molar-refractivity contribution in [3.05, 3.63) is 64.2 Å². The normalized spacial score (nSPS) is 10.4. The third kappa shape index (κ3) is 3.27. The molecule has 0 radical (unpaired) electrons. The zero-order valence-electron chi connectivity index (χ0n) is 10.8. The van der Waals surface area contributed by atoms with Crippen molar-refractivity contribution in [1.82, 2.24) is 0 Å². The third-order valence-electron chi connectivity index (χ3n) is 2.99. The van der Waals surface area contributed by atoms with Crippen LogP contribution >= 0.6 is 11.6 Å². The van der Waals surface area contributed by atoms with Gasteiger partial charge in [0.15, 0.2) is 0 Å². The first-order valence-electron chi connectivity index (χ1n) is 6.21. The lowest BCUT2D eigenvalue weighted by Crippen LogP contribution is -2.06. The number of aryl methyl sites for hydroxylation is 2. The van der Waals surface area contributed by atoms with Crippen molar-refractivity contribution in [3.8, 4) is 0 Å². The Kier molecular flexibility index (Phi) is 4.27. The van der Waals surface area contributed by atoms with E-state index in [-0.39, 0.29) is 0 Å². The van der Waals surface area contributed by atoms with E-state index in [1.165, 1.54) is 16.7 Å². The average Bonchev–Trinajstić information content (AvgIpc) is 2.34. The molecule has 1 nitrogen and oxygen atoms in total. The minimum absolute atomic E-state index is 0.806. The summed E-state index contributed by atoms with van der Waals surface area (Å²) in [6.07, 6.45) is 1.00. The van der Waals surface area contributed by atoms with Gasteiger partial charge in [-0.05, 0) is 43.0 Å². The molecule has 2 rings (SSSR count). The maximum Gasteiger partial charge on any atom is 0.0642 e. The summed E-state index contributed by atoms with van der Waals surface area (Å²) in [7, 11) is 0. The van der Waals surface area contributed by atoms with Crippen LogP contribution in [0.15, 0.2) is 42.5 Å². The first-order chi connectivity index (χ1) is 8.66. The first-order valence-corrected chi connectivity index (χ1v) is 6.59. The maximum absolute atomic E-state index is 6.25. The molecule has 94 valence electrons. The topological polar surface area (TPSA) is 12.0 Å². The fraction of sp³-hybridized carbons (Fsp3) is 0.250. The van der Waals surface area contributed by atoms with E-state index >= 15 is 0 Å². The zero-order chi connectivity index (χ0) is 13.0. The predicted octanol–water partition coefficient (Wildman–Crippen LogP) is 4.61. The minimum atomic E-state index is 0.806. The molecule has 2 aromatic rings. The highest BCUT2D eigenvalue weighted by atomic mass is 35.5. The van der Waals surface area contributed by atoms with Crippen LogP contribution in [0.3, 0.4) is 0 Å². The second-order valence-corrected chi connectivity index (χ2v) is 5.01. The number of nitrogens with one attached hydrogen (secondary N) is 1. The van der Waals surface area contributed by atoms with E-state index < -0.39 is 0 Å². The van der Waals surface area contributed by atoms with Crippen LogP contribution in [0.5, 0.6) is 0 Å². The van der Waals surface area contributed by atoms with Crippen molar-refractivity contribution >= 4 is 17.3 Å². The van der Waals surface area contributed by atoms with Gasteiger partial charge in [-0.3, -0.25) is 0 Å². The van der Waals surface area contributed by atoms with Crippen LogP contribution < -0.4 is 5.32 Å². The standard InChI is InChI=1S/C16H18ClN/c1-12-10-13(2)16(15(17)11-12)18-9-8-14-6-4-3-5-7-14/h3-7,10-11,18H,8-9H2,1-2H3. The second-order valence-electron chi connectivity index (χ2n) is 4.60. The number of hydrogen-bond donors (Lipinski definition) is 1. The van der Waals surface area contributed by atoms with E-state index in [2.05, 4.69) is 49.5 Å². The first kappa shape index (κ1) is 13.0. The van der Waals surface area contributed by atoms with Gasteiger partial charge in [0.05, 0.1) is 10.7 Å². The number of halogens is 1. The highest BCUT2D eigenvalue weighted by Crippen LogP contribution is 2.27. The summed E-state index contributed by atoms with van der Waals surface area (Å²) in [4.78, 5) is 0. The van der Waals surface area contributed by atoms with Crippen LogP contribution in [0.25, 0.3) is 0 Å². The molecule has 0 saturated heterocycles. The Hall–Kier alpha value is -1.47. The quantitative estimate of drug-likeness (QED) is 0.845. The predicted molar refractivity (Wildman–Crippen MR) is 79.6 cm³/mol. The Morgan fingerprint density at radius 1 is 1.06 bits per heavy atom. The van der Waals surface area contributed by atoms with Crippen LogP contribution in [-0.2, 0) is 6.42 Å². The second kappa shape index (κ2) is 5.92. The molecule has 0 heterocycles. The molecule has 0 unspecified atom stereocenters. The van der Waals surface area contributed by atoms with Crippen LogP contribution in [-0.4, -0.2) is 6.54 Å². The third-order valence-corrected chi connectivity index (χ3v) is 3.29. The highest BCUT2D eigenvalue weighted by Gasteiger charge is 2.04. The highest BCUT2D eigenvalue weighted by molar-refractivity contribution is 6.33. The molecule has 0 saturated carbocycles. The van der Waals surface area contributed by atoms with Gasteiger partial charge in [-0.2, -0.15) is 0 Å². The Balaban J connectivity index is 1.99. The van der Waals surface area contributed by atoms with Gasteiger partial charge in [0.1, 0.15) is 0 Å². The molecule has 2 heteroatoms. The van der Waals surface area contributed by atoms with Gasteiger partial charge in [-0.15, -0.1) is 0 Å². The molecule has 0 spiro atoms. The lowest BCUT2D eigenvalue weighted by Gasteiger charge is -2.12. The zero-order valence-corrected chi connectivity index (χ0v) is 11.6. The van der Waals surface area contributed by atoms with Crippen LogP contribution in [0.1, 0.15) is 16.7 Å². The number of benzene rings is 2. The summed E-state index contributed by atoms with van der Waals surface area (Å²) < 4.78 is 0. The van der Waals surface area contributed by atoms with Gasteiger partial charge < -0.3 is 5.32 Å². The van der Waals surface area contributed by atoms with E-state index in [9.17, 15) is 0 Å². The van der Waals surface area contributed by atoms with Crippen molar-refractivity contribution in [1.29, 1.82) is 0 Å². The van der Waals surface area contributed by atoms with Gasteiger partial charge in [-0.25, -0.2) is 0 Å². The van der Waals surface area contributed by atoms with Crippen molar-refractivity contribution in [3.63, 3.8) is 0 Å². The van der Waals surface area contributed by atoms with Crippen molar-refractivity contribution in [2.45, 2.75) is 20.3 Å². The Morgan fingerprint density at radius 3 is 2.44 bits per heavy atom. The monoisotopic (exact) mass is 259 g/mol. The fourth-order valence-electron chi connectivity index (χ4n) is 2.12. The van der Waals surface area contributed by atoms with Gasteiger partial charge in [0.2, 0.25) is 0 Å². The molecule has 0 fully saturated rings. The van der Waals surface area contributed by atoms with E-state index in [0.29, 0.717) is 0 Å². The molecular formula is C16H18ClN. The van der Waals surface area contributed by atoms with Crippen molar-refractivity contribution in [2.24, 2.45) is 0 Å². The molecule has 0 aliphatic rings. The summed E-state index contributed by atoms with van der Waals surface area (Å²) in [5.74, 6) is 0. The smallest absolute Gasteiger partial charge is 0.0642 e. The van der Waals surface area contributed by atoms with Crippen LogP contribution in [0.2, 0.25) is 5.02 Å². The molecular weight excluding hydrogens is 242 g/mol. The van der Waals surface area contributed by atoms with Crippen molar-refractivity contribution < 1.29 is 0 Å².